The quantitative estimate of drug-likeness (QED) is 0.642. The molecule has 19 heavy (non-hydrogen) atoms. The van der Waals surface area contributed by atoms with Crippen LogP contribution in [0.25, 0.3) is 0 Å². The third-order valence-electron chi connectivity index (χ3n) is 2.75. The summed E-state index contributed by atoms with van der Waals surface area (Å²) in [6.07, 6.45) is 1.57. The molecule has 1 rings (SSSR count). The van der Waals surface area contributed by atoms with Gasteiger partial charge in [0.15, 0.2) is 0 Å². The van der Waals surface area contributed by atoms with Crippen LogP contribution in [0.4, 0.5) is 5.69 Å². The highest BCUT2D eigenvalue weighted by atomic mass is 32.2. The Morgan fingerprint density at radius 3 is 2.58 bits per heavy atom. The number of nitrogens with zero attached hydrogens (tertiary/aromatic N) is 1. The van der Waals surface area contributed by atoms with Crippen LogP contribution in [0.2, 0.25) is 0 Å². The first-order chi connectivity index (χ1) is 8.77. The average molecular weight is 286 g/mol. The predicted octanol–water partition coefficient (Wildman–Crippen LogP) is 2.37. The summed E-state index contributed by atoms with van der Waals surface area (Å²) in [5.41, 5.74) is 0.260. The van der Waals surface area contributed by atoms with Crippen molar-refractivity contribution in [3.05, 3.63) is 33.9 Å². The molecule has 1 N–H and O–H groups in total. The van der Waals surface area contributed by atoms with Gasteiger partial charge in [-0.3, -0.25) is 10.1 Å². The molecule has 0 radical (unpaired) electrons. The number of nitro groups is 1. The molecule has 0 aromatic heterocycles. The Bertz CT molecular complexity index is 569. The van der Waals surface area contributed by atoms with Gasteiger partial charge in [0, 0.05) is 18.2 Å². The second-order valence-corrected chi connectivity index (χ2v) is 6.20. The number of nitrogens with one attached hydrogen (secondary N) is 1. The molecule has 0 heterocycles. The minimum absolute atomic E-state index is 0.0374. The molecule has 0 bridgehead atoms. The molecule has 0 spiro atoms. The summed E-state index contributed by atoms with van der Waals surface area (Å²) in [4.78, 5) is 10.1. The van der Waals surface area contributed by atoms with Gasteiger partial charge in [-0.15, -0.1) is 0 Å². The molecule has 0 fully saturated rings. The Morgan fingerprint density at radius 1 is 1.42 bits per heavy atom. The number of aryl methyl sites for hydroxylation is 1. The maximum absolute atomic E-state index is 12.2. The number of hydrogen-bond donors (Lipinski definition) is 1. The molecule has 6 nitrogen and oxygen atoms in total. The lowest BCUT2D eigenvalue weighted by molar-refractivity contribution is -0.385. The molecule has 0 amide bonds. The van der Waals surface area contributed by atoms with Gasteiger partial charge in [0.2, 0.25) is 10.0 Å². The van der Waals surface area contributed by atoms with Crippen LogP contribution in [0.5, 0.6) is 0 Å². The second-order valence-electron chi connectivity index (χ2n) is 4.52. The molecule has 0 aliphatic carbocycles. The van der Waals surface area contributed by atoms with Gasteiger partial charge in [-0.1, -0.05) is 19.4 Å². The van der Waals surface area contributed by atoms with Crippen molar-refractivity contribution in [2.75, 3.05) is 0 Å². The smallest absolute Gasteiger partial charge is 0.258 e. The van der Waals surface area contributed by atoms with Gasteiger partial charge in [-0.05, 0) is 25.8 Å². The topological polar surface area (TPSA) is 89.3 Å². The monoisotopic (exact) mass is 286 g/mol. The third kappa shape index (κ3) is 4.00. The zero-order chi connectivity index (χ0) is 14.6. The predicted molar refractivity (Wildman–Crippen MR) is 72.5 cm³/mol. The maximum Gasteiger partial charge on any atom is 0.270 e. The summed E-state index contributed by atoms with van der Waals surface area (Å²) >= 11 is 0. The maximum atomic E-state index is 12.2. The van der Waals surface area contributed by atoms with Gasteiger partial charge in [-0.2, -0.15) is 0 Å². The van der Waals surface area contributed by atoms with Crippen LogP contribution in [0, 0.1) is 17.0 Å². The fraction of sp³-hybridized carbons (Fsp3) is 0.500. The number of non-ortho nitro benzene ring substituents is 1. The molecule has 1 aromatic rings. The average Bonchev–Trinajstić information content (AvgIpc) is 2.28. The summed E-state index contributed by atoms with van der Waals surface area (Å²) in [6.45, 7) is 5.35. The summed E-state index contributed by atoms with van der Waals surface area (Å²) in [5.74, 6) is 0. The van der Waals surface area contributed by atoms with E-state index in [4.69, 9.17) is 0 Å². The number of hydrogen-bond acceptors (Lipinski definition) is 4. The van der Waals surface area contributed by atoms with Crippen molar-refractivity contribution in [1.82, 2.24) is 4.72 Å². The lowest BCUT2D eigenvalue weighted by Gasteiger charge is -2.14. The molecule has 0 aliphatic rings. The molecular formula is C12H18N2O4S. The van der Waals surface area contributed by atoms with E-state index in [0.717, 1.165) is 12.5 Å². The highest BCUT2D eigenvalue weighted by molar-refractivity contribution is 7.89. The Labute approximate surface area is 113 Å². The van der Waals surface area contributed by atoms with E-state index in [0.29, 0.717) is 12.0 Å². The van der Waals surface area contributed by atoms with E-state index in [1.165, 1.54) is 12.1 Å². The van der Waals surface area contributed by atoms with Crippen LogP contribution >= 0.6 is 0 Å². The first-order valence-electron chi connectivity index (χ1n) is 6.05. The van der Waals surface area contributed by atoms with Gasteiger partial charge in [0.25, 0.3) is 5.69 Å². The molecular weight excluding hydrogens is 268 g/mol. The van der Waals surface area contributed by atoms with Crippen molar-refractivity contribution in [2.24, 2.45) is 0 Å². The number of benzene rings is 1. The standard InChI is InChI=1S/C12H18N2O4S/c1-4-5-10(3)13-19(17,18)12-8-11(14(15)16)7-6-9(12)2/h6-8,10,13H,4-5H2,1-3H3/t10-/m0/s1. The van der Waals surface area contributed by atoms with E-state index in [-0.39, 0.29) is 16.6 Å². The summed E-state index contributed by atoms with van der Waals surface area (Å²) in [7, 11) is -3.72. The molecule has 0 saturated carbocycles. The molecule has 1 aromatic carbocycles. The third-order valence-corrected chi connectivity index (χ3v) is 4.48. The Hall–Kier alpha value is -1.47. The van der Waals surface area contributed by atoms with E-state index >= 15 is 0 Å². The highest BCUT2D eigenvalue weighted by Crippen LogP contribution is 2.22. The lowest BCUT2D eigenvalue weighted by Crippen LogP contribution is -2.32. The first kappa shape index (κ1) is 15.6. The van der Waals surface area contributed by atoms with Crippen LogP contribution < -0.4 is 4.72 Å². The Kier molecular flexibility index (Phi) is 5.02. The van der Waals surface area contributed by atoms with Gasteiger partial charge in [0.1, 0.15) is 0 Å². The number of nitro benzene ring substituents is 1. The van der Waals surface area contributed by atoms with Crippen LogP contribution in [0.1, 0.15) is 32.3 Å². The van der Waals surface area contributed by atoms with Crippen molar-refractivity contribution in [2.45, 2.75) is 44.6 Å². The SMILES string of the molecule is CCC[C@H](C)NS(=O)(=O)c1cc([N+](=O)[O-])ccc1C. The van der Waals surface area contributed by atoms with Crippen molar-refractivity contribution < 1.29 is 13.3 Å². The van der Waals surface area contributed by atoms with Gasteiger partial charge in [-0.25, -0.2) is 13.1 Å². The van der Waals surface area contributed by atoms with Crippen molar-refractivity contribution in [3.8, 4) is 0 Å². The normalized spacial score (nSPS) is 13.2. The van der Waals surface area contributed by atoms with Crippen LogP contribution in [-0.4, -0.2) is 19.4 Å². The van der Waals surface area contributed by atoms with Crippen LogP contribution in [0.15, 0.2) is 23.1 Å². The highest BCUT2D eigenvalue weighted by Gasteiger charge is 2.22. The van der Waals surface area contributed by atoms with E-state index < -0.39 is 14.9 Å². The van der Waals surface area contributed by atoms with Crippen molar-refractivity contribution in [3.63, 3.8) is 0 Å². The molecule has 0 saturated heterocycles. The van der Waals surface area contributed by atoms with Gasteiger partial charge < -0.3 is 0 Å². The molecule has 0 unspecified atom stereocenters. The summed E-state index contributed by atoms with van der Waals surface area (Å²) < 4.78 is 26.9. The Morgan fingerprint density at radius 2 is 2.05 bits per heavy atom. The van der Waals surface area contributed by atoms with Crippen molar-refractivity contribution >= 4 is 15.7 Å². The lowest BCUT2D eigenvalue weighted by atomic mass is 10.2. The van der Waals surface area contributed by atoms with Gasteiger partial charge >= 0.3 is 0 Å². The first-order valence-corrected chi connectivity index (χ1v) is 7.53. The van der Waals surface area contributed by atoms with Crippen molar-refractivity contribution in [1.29, 1.82) is 0 Å². The zero-order valence-corrected chi connectivity index (χ0v) is 12.0. The summed E-state index contributed by atoms with van der Waals surface area (Å²) in [5, 5.41) is 10.7. The van der Waals surface area contributed by atoms with E-state index in [1.54, 1.807) is 13.8 Å². The zero-order valence-electron chi connectivity index (χ0n) is 11.2. The second kappa shape index (κ2) is 6.12. The number of sulfonamides is 1. The fourth-order valence-corrected chi connectivity index (χ4v) is 3.35. The Balaban J connectivity index is 3.13. The van der Waals surface area contributed by atoms with Crippen LogP contribution in [0.3, 0.4) is 0 Å². The van der Waals surface area contributed by atoms with Crippen LogP contribution in [-0.2, 0) is 10.0 Å². The molecule has 1 atom stereocenters. The minimum Gasteiger partial charge on any atom is -0.258 e. The molecule has 7 heteroatoms. The largest absolute Gasteiger partial charge is 0.270 e. The fourth-order valence-electron chi connectivity index (χ4n) is 1.81. The molecule has 106 valence electrons. The minimum atomic E-state index is -3.72. The van der Waals surface area contributed by atoms with E-state index in [9.17, 15) is 18.5 Å². The van der Waals surface area contributed by atoms with Gasteiger partial charge in [0.05, 0.1) is 9.82 Å². The number of rotatable bonds is 6. The summed E-state index contributed by atoms with van der Waals surface area (Å²) in [6, 6.07) is 3.63. The molecule has 0 aliphatic heterocycles. The van der Waals surface area contributed by atoms with E-state index in [1.807, 2.05) is 6.92 Å². The van der Waals surface area contributed by atoms with E-state index in [2.05, 4.69) is 4.72 Å².